The van der Waals surface area contributed by atoms with Crippen LogP contribution in [0.25, 0.3) is 16.9 Å². The number of rotatable bonds is 1. The first-order chi connectivity index (χ1) is 8.27. The Hall–Kier alpha value is -2.36. The molecule has 0 spiro atoms. The number of hydrogen-bond donors (Lipinski definition) is 1. The molecule has 0 aliphatic rings. The van der Waals surface area contributed by atoms with Gasteiger partial charge >= 0.3 is 0 Å². The summed E-state index contributed by atoms with van der Waals surface area (Å²) >= 11 is 0. The van der Waals surface area contributed by atoms with Gasteiger partial charge in [-0.1, -0.05) is 30.3 Å². The lowest BCUT2D eigenvalue weighted by Gasteiger charge is -1.96. The van der Waals surface area contributed by atoms with Crippen molar-refractivity contribution in [3.8, 4) is 11.3 Å². The number of aromatic nitrogens is 3. The summed E-state index contributed by atoms with van der Waals surface area (Å²) in [6, 6.07) is 11.3. The fourth-order valence-corrected chi connectivity index (χ4v) is 1.96. The van der Waals surface area contributed by atoms with Crippen molar-refractivity contribution in [3.63, 3.8) is 0 Å². The molecule has 4 nitrogen and oxygen atoms in total. The molecular weight excluding hydrogens is 214 g/mol. The highest BCUT2D eigenvalue weighted by Gasteiger charge is 2.11. The molecular formula is C13H11N3O. The third-order valence-electron chi connectivity index (χ3n) is 2.82. The summed E-state index contributed by atoms with van der Waals surface area (Å²) < 4.78 is 1.40. The smallest absolute Gasteiger partial charge is 0.274 e. The van der Waals surface area contributed by atoms with Crippen LogP contribution in [-0.4, -0.2) is 14.6 Å². The molecule has 1 aromatic carbocycles. The SMILES string of the molecule is Cc1c(-c2ccccc2)nn2c(=O)cc[nH]c12. The Morgan fingerprint density at radius 2 is 1.94 bits per heavy atom. The third-order valence-corrected chi connectivity index (χ3v) is 2.82. The first kappa shape index (κ1) is 9.84. The van der Waals surface area contributed by atoms with Crippen LogP contribution < -0.4 is 5.56 Å². The molecule has 0 bridgehead atoms. The zero-order chi connectivity index (χ0) is 11.8. The summed E-state index contributed by atoms with van der Waals surface area (Å²) in [5.74, 6) is 0. The maximum atomic E-state index is 11.7. The topological polar surface area (TPSA) is 50.2 Å². The highest BCUT2D eigenvalue weighted by atomic mass is 16.1. The minimum absolute atomic E-state index is 0.121. The quantitative estimate of drug-likeness (QED) is 0.688. The number of benzene rings is 1. The molecule has 1 N–H and O–H groups in total. The van der Waals surface area contributed by atoms with Gasteiger partial charge < -0.3 is 4.98 Å². The van der Waals surface area contributed by atoms with Crippen molar-refractivity contribution in [1.82, 2.24) is 14.6 Å². The lowest BCUT2D eigenvalue weighted by atomic mass is 10.1. The van der Waals surface area contributed by atoms with Crippen LogP contribution in [0, 0.1) is 6.92 Å². The predicted molar refractivity (Wildman–Crippen MR) is 66.0 cm³/mol. The molecule has 4 heteroatoms. The van der Waals surface area contributed by atoms with Crippen LogP contribution in [0.4, 0.5) is 0 Å². The largest absolute Gasteiger partial charge is 0.346 e. The molecule has 0 unspecified atom stereocenters. The van der Waals surface area contributed by atoms with Crippen LogP contribution in [0.5, 0.6) is 0 Å². The molecule has 0 saturated heterocycles. The van der Waals surface area contributed by atoms with E-state index in [2.05, 4.69) is 10.1 Å². The highest BCUT2D eigenvalue weighted by molar-refractivity contribution is 5.69. The number of hydrogen-bond acceptors (Lipinski definition) is 2. The van der Waals surface area contributed by atoms with E-state index >= 15 is 0 Å². The van der Waals surface area contributed by atoms with E-state index in [0.29, 0.717) is 0 Å². The summed E-state index contributed by atoms with van der Waals surface area (Å²) in [6.45, 7) is 1.96. The third kappa shape index (κ3) is 1.45. The van der Waals surface area contributed by atoms with E-state index in [4.69, 9.17) is 0 Å². The Morgan fingerprint density at radius 1 is 1.18 bits per heavy atom. The molecule has 0 saturated carbocycles. The van der Waals surface area contributed by atoms with Gasteiger partial charge in [0.05, 0.1) is 5.69 Å². The predicted octanol–water partition coefficient (Wildman–Crippen LogP) is 2.00. The van der Waals surface area contributed by atoms with Crippen LogP contribution in [0.3, 0.4) is 0 Å². The first-order valence-corrected chi connectivity index (χ1v) is 5.40. The Bertz CT molecular complexity index is 725. The van der Waals surface area contributed by atoms with Crippen molar-refractivity contribution in [2.24, 2.45) is 0 Å². The zero-order valence-corrected chi connectivity index (χ0v) is 9.34. The fraction of sp³-hybridized carbons (Fsp3) is 0.0769. The van der Waals surface area contributed by atoms with Gasteiger partial charge in [-0.2, -0.15) is 9.61 Å². The van der Waals surface area contributed by atoms with E-state index in [1.807, 2.05) is 37.3 Å². The maximum absolute atomic E-state index is 11.7. The Kier molecular flexibility index (Phi) is 2.08. The second kappa shape index (κ2) is 3.59. The van der Waals surface area contributed by atoms with E-state index < -0.39 is 0 Å². The number of aromatic amines is 1. The molecule has 3 rings (SSSR count). The fourth-order valence-electron chi connectivity index (χ4n) is 1.96. The zero-order valence-electron chi connectivity index (χ0n) is 9.34. The van der Waals surface area contributed by atoms with Crippen molar-refractivity contribution in [1.29, 1.82) is 0 Å². The molecule has 0 fully saturated rings. The molecule has 0 aliphatic heterocycles. The van der Waals surface area contributed by atoms with Crippen molar-refractivity contribution in [2.75, 3.05) is 0 Å². The van der Waals surface area contributed by atoms with Crippen LogP contribution in [-0.2, 0) is 0 Å². The van der Waals surface area contributed by atoms with E-state index in [9.17, 15) is 4.79 Å². The maximum Gasteiger partial charge on any atom is 0.274 e. The van der Waals surface area contributed by atoms with Gasteiger partial charge in [-0.25, -0.2) is 0 Å². The number of H-pyrrole nitrogens is 1. The van der Waals surface area contributed by atoms with Crippen molar-refractivity contribution in [2.45, 2.75) is 6.92 Å². The monoisotopic (exact) mass is 225 g/mol. The van der Waals surface area contributed by atoms with Crippen LogP contribution in [0.2, 0.25) is 0 Å². The lowest BCUT2D eigenvalue weighted by Crippen LogP contribution is -2.12. The van der Waals surface area contributed by atoms with Crippen molar-refractivity contribution >= 4 is 5.65 Å². The van der Waals surface area contributed by atoms with Gasteiger partial charge in [-0.15, -0.1) is 0 Å². The molecule has 0 aliphatic carbocycles. The number of nitrogens with one attached hydrogen (secondary N) is 1. The summed E-state index contributed by atoms with van der Waals surface area (Å²) in [6.07, 6.45) is 1.64. The summed E-state index contributed by atoms with van der Waals surface area (Å²) in [4.78, 5) is 14.7. The van der Waals surface area contributed by atoms with Gasteiger partial charge in [-0.05, 0) is 6.92 Å². The average molecular weight is 225 g/mol. The molecule has 3 aromatic rings. The standard InChI is InChI=1S/C13H11N3O/c1-9-12(10-5-3-2-4-6-10)15-16-11(17)7-8-14-13(9)16/h2-8,14H,1H3. The van der Waals surface area contributed by atoms with Crippen molar-refractivity contribution in [3.05, 3.63) is 58.5 Å². The van der Waals surface area contributed by atoms with E-state index in [-0.39, 0.29) is 5.56 Å². The minimum atomic E-state index is -0.121. The number of nitrogens with zero attached hydrogens (tertiary/aromatic N) is 2. The van der Waals surface area contributed by atoms with Crippen LogP contribution in [0.1, 0.15) is 5.56 Å². The van der Waals surface area contributed by atoms with Crippen LogP contribution in [0.15, 0.2) is 47.4 Å². The van der Waals surface area contributed by atoms with Gasteiger partial charge in [0.15, 0.2) is 0 Å². The normalized spacial score (nSPS) is 10.9. The molecule has 0 atom stereocenters. The van der Waals surface area contributed by atoms with Crippen LogP contribution >= 0.6 is 0 Å². The van der Waals surface area contributed by atoms with Gasteiger partial charge in [0.2, 0.25) is 0 Å². The highest BCUT2D eigenvalue weighted by Crippen LogP contribution is 2.22. The summed E-state index contributed by atoms with van der Waals surface area (Å²) in [5, 5.41) is 4.35. The molecule has 0 amide bonds. The second-order valence-corrected chi connectivity index (χ2v) is 3.92. The Balaban J connectivity index is 2.36. The van der Waals surface area contributed by atoms with E-state index in [1.54, 1.807) is 6.20 Å². The molecule has 2 heterocycles. The number of aryl methyl sites for hydroxylation is 1. The van der Waals surface area contributed by atoms with Crippen molar-refractivity contribution < 1.29 is 0 Å². The molecule has 0 radical (unpaired) electrons. The molecule has 84 valence electrons. The van der Waals surface area contributed by atoms with Gasteiger partial charge in [0.25, 0.3) is 5.56 Å². The summed E-state index contributed by atoms with van der Waals surface area (Å²) in [5.41, 5.74) is 3.46. The second-order valence-electron chi connectivity index (χ2n) is 3.92. The summed E-state index contributed by atoms with van der Waals surface area (Å²) in [7, 11) is 0. The van der Waals surface area contributed by atoms with Gasteiger partial charge in [-0.3, -0.25) is 4.79 Å². The minimum Gasteiger partial charge on any atom is -0.346 e. The number of fused-ring (bicyclic) bond motifs is 1. The molecule has 17 heavy (non-hydrogen) atoms. The van der Waals surface area contributed by atoms with Gasteiger partial charge in [0.1, 0.15) is 5.65 Å². The Morgan fingerprint density at radius 3 is 2.65 bits per heavy atom. The first-order valence-electron chi connectivity index (χ1n) is 5.40. The lowest BCUT2D eigenvalue weighted by molar-refractivity contribution is 0.902. The molecule has 2 aromatic heterocycles. The Labute approximate surface area is 97.5 Å². The average Bonchev–Trinajstić information content (AvgIpc) is 2.70. The van der Waals surface area contributed by atoms with Gasteiger partial charge in [0, 0.05) is 23.4 Å². The van der Waals surface area contributed by atoms with E-state index in [0.717, 1.165) is 22.5 Å². The van der Waals surface area contributed by atoms with E-state index in [1.165, 1.54) is 10.6 Å².